The van der Waals surface area contributed by atoms with Crippen LogP contribution in [0.3, 0.4) is 0 Å². The van der Waals surface area contributed by atoms with Crippen LogP contribution in [0, 0.1) is 0 Å². The van der Waals surface area contributed by atoms with Crippen molar-refractivity contribution in [2.75, 3.05) is 9.80 Å². The highest BCUT2D eigenvalue weighted by molar-refractivity contribution is 7.27. The largest absolute Gasteiger partial charge is 0.310 e. The summed E-state index contributed by atoms with van der Waals surface area (Å²) in [5.74, 6) is 0. The lowest BCUT2D eigenvalue weighted by atomic mass is 9.92. The van der Waals surface area contributed by atoms with Gasteiger partial charge >= 0.3 is 0 Å². The van der Waals surface area contributed by atoms with Crippen molar-refractivity contribution in [2.24, 2.45) is 0 Å². The third kappa shape index (κ3) is 12.8. The quantitative estimate of drug-likeness (QED) is 0.114. The molecule has 0 spiro atoms. The van der Waals surface area contributed by atoms with Crippen LogP contribution in [-0.2, 0) is 0 Å². The van der Waals surface area contributed by atoms with Gasteiger partial charge in [-0.15, -0.1) is 45.3 Å². The summed E-state index contributed by atoms with van der Waals surface area (Å²) in [7, 11) is 0. The van der Waals surface area contributed by atoms with Crippen LogP contribution >= 0.6 is 45.3 Å². The summed E-state index contributed by atoms with van der Waals surface area (Å²) in [6.45, 7) is 0. The van der Waals surface area contributed by atoms with Crippen molar-refractivity contribution < 1.29 is 0 Å². The van der Waals surface area contributed by atoms with Crippen LogP contribution in [-0.4, -0.2) is 0 Å². The lowest BCUT2D eigenvalue weighted by Crippen LogP contribution is -2.09. The van der Waals surface area contributed by atoms with Gasteiger partial charge in [0.2, 0.25) is 0 Å². The smallest absolute Gasteiger partial charge is 0.0468 e. The Kier molecular flexibility index (Phi) is 17.7. The molecule has 0 unspecified atom stereocenters. The number of hydrogen-bond acceptors (Lipinski definition) is 6. The Balaban J connectivity index is 0.000000140. The Morgan fingerprint density at radius 3 is 0.667 bits per heavy atom. The van der Waals surface area contributed by atoms with Crippen molar-refractivity contribution in [3.63, 3.8) is 0 Å². The van der Waals surface area contributed by atoms with E-state index in [4.69, 9.17) is 0 Å². The summed E-state index contributed by atoms with van der Waals surface area (Å²) >= 11 is 7.56. The molecule has 0 saturated carbocycles. The van der Waals surface area contributed by atoms with E-state index in [0.29, 0.717) is 0 Å². The fourth-order valence-corrected chi connectivity index (χ4v) is 22.9. The molecule has 120 heavy (non-hydrogen) atoms. The number of benzene rings is 20. The molecule has 0 N–H and O–H groups in total. The van der Waals surface area contributed by atoms with Gasteiger partial charge in [-0.3, -0.25) is 0 Å². The van der Waals surface area contributed by atoms with Crippen LogP contribution in [0.4, 0.5) is 34.1 Å². The molecule has 0 atom stereocenters. The lowest BCUT2D eigenvalue weighted by Gasteiger charge is -2.26. The van der Waals surface area contributed by atoms with Crippen LogP contribution in [0.5, 0.6) is 0 Å². The first kappa shape index (κ1) is 71.0. The van der Waals surface area contributed by atoms with Gasteiger partial charge in [0, 0.05) is 115 Å². The highest BCUT2D eigenvalue weighted by Gasteiger charge is 2.22. The average molecular weight is 1600 g/mol. The minimum atomic E-state index is 1.10. The number of nitrogens with zero attached hydrogens (tertiary/aromatic N) is 2. The summed E-state index contributed by atoms with van der Waals surface area (Å²) in [5.41, 5.74) is 23.8. The number of fused-ring (bicyclic) bond motifs is 15. The van der Waals surface area contributed by atoms with E-state index in [0.717, 1.165) is 34.1 Å². The number of hydrogen-bond donors (Lipinski definition) is 0. The third-order valence-electron chi connectivity index (χ3n) is 23.9. The van der Waals surface area contributed by atoms with Gasteiger partial charge in [0.15, 0.2) is 0 Å². The average Bonchev–Trinajstić information content (AvgIpc) is 1.55. The maximum Gasteiger partial charge on any atom is 0.0468 e. The van der Waals surface area contributed by atoms with E-state index < -0.39 is 0 Å². The Labute approximate surface area is 711 Å². The summed E-state index contributed by atoms with van der Waals surface area (Å²) < 4.78 is 10.6. The van der Waals surface area contributed by atoms with E-state index in [1.807, 2.05) is 45.3 Å². The standard InChI is InChI=1S/C58H37NS2.C56H35NS2/c1-2-12-38(13-3-1)40-24-29-46(30-25-40)59(48-33-28-39-14-4-5-15-42(39)37-48)47-31-26-41(27-32-47)43-34-44(49-18-10-20-53-51-16-6-8-22-55(51)60-57(49)53)36-45(35-43)50-19-11-21-54-52-17-7-9-23-56(52)61-58(50)54;1-3-13-39-34-45(29-25-36(39)11-1)57(46-30-26-37-12-2-4-14-40(37)35-46)44-27-23-38(24-28-44)41-31-42(47-17-9-19-51-49-15-5-7-21-53(49)58-55(47)51)33-43(32-41)48-18-10-20-52-50-16-6-8-22-54(50)59-56(48)52/h1-37H;1-35H. The van der Waals surface area contributed by atoms with Gasteiger partial charge in [-0.05, 0) is 244 Å². The predicted molar refractivity (Wildman–Crippen MR) is 524 cm³/mol. The second-order valence-electron chi connectivity index (χ2n) is 31.0. The summed E-state index contributed by atoms with van der Waals surface area (Å²) in [4.78, 5) is 4.76. The topological polar surface area (TPSA) is 6.48 Å². The van der Waals surface area contributed by atoms with Gasteiger partial charge in [-0.2, -0.15) is 0 Å². The second-order valence-corrected chi connectivity index (χ2v) is 35.2. The van der Waals surface area contributed by atoms with Gasteiger partial charge < -0.3 is 9.80 Å². The molecule has 0 amide bonds. The van der Waals surface area contributed by atoms with Gasteiger partial charge in [0.25, 0.3) is 0 Å². The number of anilines is 6. The zero-order valence-corrected chi connectivity index (χ0v) is 68.4. The van der Waals surface area contributed by atoms with Crippen LogP contribution < -0.4 is 9.80 Å². The van der Waals surface area contributed by atoms with E-state index in [2.05, 4.69) is 447 Å². The van der Waals surface area contributed by atoms with Crippen LogP contribution in [0.15, 0.2) is 437 Å². The fourth-order valence-electron chi connectivity index (χ4n) is 18.0. The van der Waals surface area contributed by atoms with Crippen molar-refractivity contribution in [2.45, 2.75) is 0 Å². The molecule has 0 bridgehead atoms. The molecule has 562 valence electrons. The zero-order chi connectivity index (χ0) is 79.1. The molecule has 24 rings (SSSR count). The second kappa shape index (κ2) is 30.0. The normalized spacial score (nSPS) is 11.7. The minimum Gasteiger partial charge on any atom is -0.310 e. The molecule has 6 heteroatoms. The molecule has 0 aliphatic rings. The maximum atomic E-state index is 2.41. The van der Waals surface area contributed by atoms with E-state index in [1.165, 1.54) is 191 Å². The molecular formula is C114H72N2S4. The first-order chi connectivity index (χ1) is 59.4. The Bertz CT molecular complexity index is 7760. The molecule has 2 nitrogen and oxygen atoms in total. The zero-order valence-electron chi connectivity index (χ0n) is 65.1. The molecule has 0 fully saturated rings. The summed E-state index contributed by atoms with van der Waals surface area (Å²) in [5, 5.41) is 17.9. The minimum absolute atomic E-state index is 1.10. The molecule has 4 aromatic heterocycles. The van der Waals surface area contributed by atoms with Crippen molar-refractivity contribution >= 4 is 192 Å². The number of thiophene rings is 4. The number of rotatable bonds is 13. The maximum absolute atomic E-state index is 2.41. The molecular weight excluding hydrogens is 1530 g/mol. The molecule has 0 aliphatic carbocycles. The van der Waals surface area contributed by atoms with Crippen LogP contribution in [0.25, 0.3) is 191 Å². The predicted octanol–water partition coefficient (Wildman–Crippen LogP) is 34.9. The van der Waals surface area contributed by atoms with Crippen LogP contribution in [0.1, 0.15) is 0 Å². The SMILES string of the molecule is c1ccc(-c2ccc(N(c3ccc(-c4cc(-c5cccc6c5sc5ccccc56)cc(-c5cccc6c5sc5ccccc56)c4)cc3)c3ccc4ccccc4c3)cc2)cc1.c1ccc2cc(N(c3ccc(-c4cc(-c5cccc6c5sc5ccccc56)cc(-c5cccc6c5sc5ccccc56)c4)cc3)c3ccc4ccccc4c3)ccc2c1. The molecule has 0 saturated heterocycles. The molecule has 24 aromatic rings. The Morgan fingerprint density at radius 2 is 0.358 bits per heavy atom. The van der Waals surface area contributed by atoms with Crippen molar-refractivity contribution in [3.8, 4) is 77.9 Å². The lowest BCUT2D eigenvalue weighted by molar-refractivity contribution is 1.29. The summed E-state index contributed by atoms with van der Waals surface area (Å²) in [6, 6.07) is 161. The van der Waals surface area contributed by atoms with E-state index >= 15 is 0 Å². The third-order valence-corrected chi connectivity index (χ3v) is 28.7. The van der Waals surface area contributed by atoms with Gasteiger partial charge in [-0.25, -0.2) is 0 Å². The van der Waals surface area contributed by atoms with Gasteiger partial charge in [-0.1, -0.05) is 303 Å². The van der Waals surface area contributed by atoms with Gasteiger partial charge in [0.1, 0.15) is 0 Å². The Morgan fingerprint density at radius 1 is 0.133 bits per heavy atom. The highest BCUT2D eigenvalue weighted by atomic mass is 32.1. The first-order valence-corrected chi connectivity index (χ1v) is 44.1. The van der Waals surface area contributed by atoms with Crippen molar-refractivity contribution in [1.29, 1.82) is 0 Å². The first-order valence-electron chi connectivity index (χ1n) is 40.8. The van der Waals surface area contributed by atoms with Crippen LogP contribution in [0.2, 0.25) is 0 Å². The van der Waals surface area contributed by atoms with E-state index in [-0.39, 0.29) is 0 Å². The molecule has 4 heterocycles. The monoisotopic (exact) mass is 1600 g/mol. The van der Waals surface area contributed by atoms with Gasteiger partial charge in [0.05, 0.1) is 0 Å². The van der Waals surface area contributed by atoms with E-state index in [1.54, 1.807) is 0 Å². The molecule has 20 aromatic carbocycles. The van der Waals surface area contributed by atoms with Crippen molar-refractivity contribution in [3.05, 3.63) is 437 Å². The molecule has 0 aliphatic heterocycles. The highest BCUT2D eigenvalue weighted by Crippen LogP contribution is 2.50. The van der Waals surface area contributed by atoms with E-state index in [9.17, 15) is 0 Å². The fraction of sp³-hybridized carbons (Fsp3) is 0. The summed E-state index contributed by atoms with van der Waals surface area (Å²) in [6.07, 6.45) is 0. The van der Waals surface area contributed by atoms with Crippen molar-refractivity contribution in [1.82, 2.24) is 0 Å². The molecule has 0 radical (unpaired) electrons. The Hall–Kier alpha value is -14.3.